The van der Waals surface area contributed by atoms with E-state index < -0.39 is 53.8 Å². The molecule has 0 amide bonds. The molecule has 0 radical (unpaired) electrons. The average Bonchev–Trinajstić information content (AvgIpc) is 3.20. The van der Waals surface area contributed by atoms with Crippen molar-refractivity contribution < 1.29 is 38.4 Å². The molecule has 1 saturated carbocycles. The van der Waals surface area contributed by atoms with Crippen LogP contribution in [0.1, 0.15) is 40.5 Å². The molecule has 0 aromatic rings. The number of carbonyl (C=O) groups is 3. The maximum absolute atomic E-state index is 12.5. The molecular weight excluding hydrogens is 392 g/mol. The summed E-state index contributed by atoms with van der Waals surface area (Å²) in [5, 5.41) is 11.0. The molecule has 2 saturated heterocycles. The van der Waals surface area contributed by atoms with E-state index in [4.69, 9.17) is 18.9 Å². The highest BCUT2D eigenvalue weighted by Gasteiger charge is 2.60. The number of rotatable bonds is 3. The second-order valence-electron chi connectivity index (χ2n) is 8.31. The van der Waals surface area contributed by atoms with E-state index in [-0.39, 0.29) is 30.1 Å². The van der Waals surface area contributed by atoms with Crippen LogP contribution >= 0.6 is 0 Å². The third-order valence-corrected chi connectivity index (χ3v) is 6.16. The number of hydrogen-bond donors (Lipinski definition) is 1. The number of hydrogen-bond acceptors (Lipinski definition) is 8. The monoisotopic (exact) mass is 420 g/mol. The molecule has 7 atom stereocenters. The van der Waals surface area contributed by atoms with Gasteiger partial charge in [-0.1, -0.05) is 19.2 Å². The molecule has 0 bridgehead atoms. The Morgan fingerprint density at radius 1 is 1.27 bits per heavy atom. The van der Waals surface area contributed by atoms with Crippen molar-refractivity contribution in [2.45, 2.75) is 76.7 Å². The summed E-state index contributed by atoms with van der Waals surface area (Å²) in [5.74, 6) is -2.53. The first kappa shape index (κ1) is 22.2. The number of aliphatic hydroxyl groups is 1. The first-order chi connectivity index (χ1) is 14.0. The number of carbonyl (C=O) groups excluding carboxylic acids is 3. The fraction of sp³-hybridized carbons (Fsp3) is 0.591. The Balaban J connectivity index is 1.99. The Kier molecular flexibility index (Phi) is 5.93. The minimum atomic E-state index is -1.34. The van der Waals surface area contributed by atoms with Crippen LogP contribution in [0.4, 0.5) is 0 Å². The molecule has 2 aliphatic heterocycles. The first-order valence-corrected chi connectivity index (χ1v) is 9.94. The van der Waals surface area contributed by atoms with Crippen molar-refractivity contribution in [3.8, 4) is 0 Å². The Morgan fingerprint density at radius 3 is 2.53 bits per heavy atom. The van der Waals surface area contributed by atoms with E-state index in [1.54, 1.807) is 19.9 Å². The van der Waals surface area contributed by atoms with Crippen LogP contribution in [-0.4, -0.2) is 59.1 Å². The van der Waals surface area contributed by atoms with Crippen molar-refractivity contribution in [3.05, 3.63) is 36.0 Å². The van der Waals surface area contributed by atoms with Gasteiger partial charge in [0, 0.05) is 30.9 Å². The molecule has 1 N–H and O–H groups in total. The van der Waals surface area contributed by atoms with Gasteiger partial charge in [0.05, 0.1) is 17.6 Å². The summed E-state index contributed by atoms with van der Waals surface area (Å²) in [5.41, 5.74) is 0.0508. The zero-order valence-electron chi connectivity index (χ0n) is 17.7. The molecule has 8 nitrogen and oxygen atoms in total. The summed E-state index contributed by atoms with van der Waals surface area (Å²) in [6, 6.07) is 0. The van der Waals surface area contributed by atoms with Gasteiger partial charge in [-0.3, -0.25) is 4.79 Å². The van der Waals surface area contributed by atoms with Crippen molar-refractivity contribution in [1.29, 1.82) is 0 Å². The molecule has 0 aromatic heterocycles. The van der Waals surface area contributed by atoms with E-state index in [9.17, 15) is 19.5 Å². The maximum Gasteiger partial charge on any atom is 0.334 e. The molecule has 164 valence electrons. The quantitative estimate of drug-likeness (QED) is 0.242. The van der Waals surface area contributed by atoms with Gasteiger partial charge in [-0.25, -0.2) is 9.59 Å². The highest BCUT2D eigenvalue weighted by atomic mass is 16.6. The average molecular weight is 420 g/mol. The minimum absolute atomic E-state index is 0.105. The van der Waals surface area contributed by atoms with Crippen LogP contribution in [0.5, 0.6) is 0 Å². The molecule has 3 aliphatic rings. The molecule has 30 heavy (non-hydrogen) atoms. The first-order valence-electron chi connectivity index (χ1n) is 9.94. The lowest BCUT2D eigenvalue weighted by Crippen LogP contribution is -2.45. The van der Waals surface area contributed by atoms with Gasteiger partial charge in [0.25, 0.3) is 0 Å². The van der Waals surface area contributed by atoms with Crippen molar-refractivity contribution >= 4 is 17.9 Å². The van der Waals surface area contributed by atoms with Crippen molar-refractivity contribution in [1.82, 2.24) is 0 Å². The summed E-state index contributed by atoms with van der Waals surface area (Å²) < 4.78 is 22.3. The Labute approximate surface area is 175 Å². The highest BCUT2D eigenvalue weighted by molar-refractivity contribution is 5.91. The third kappa shape index (κ3) is 4.06. The van der Waals surface area contributed by atoms with E-state index >= 15 is 0 Å². The standard InChI is InChI=1S/C22H28O8/c1-7-10(2)20(25)28-15-9-22(6)16(30-22)8-14(27-13(5)23)11(3)18(24)19-17(15)12(4)21(26)29-19/h7,14-19,24H,3-4,8-9H2,1-2,5-6H3. The number of esters is 3. The van der Waals surface area contributed by atoms with Gasteiger partial charge in [0.2, 0.25) is 0 Å². The summed E-state index contributed by atoms with van der Waals surface area (Å²) in [4.78, 5) is 36.4. The van der Waals surface area contributed by atoms with Crippen LogP contribution in [0, 0.1) is 5.92 Å². The largest absolute Gasteiger partial charge is 0.458 e. The van der Waals surface area contributed by atoms with Gasteiger partial charge < -0.3 is 24.1 Å². The van der Waals surface area contributed by atoms with Crippen LogP contribution < -0.4 is 0 Å². The van der Waals surface area contributed by atoms with Crippen LogP contribution in [0.15, 0.2) is 36.0 Å². The topological polar surface area (TPSA) is 112 Å². The fourth-order valence-corrected chi connectivity index (χ4v) is 4.13. The third-order valence-electron chi connectivity index (χ3n) is 6.16. The van der Waals surface area contributed by atoms with Gasteiger partial charge in [-0.2, -0.15) is 0 Å². The fourth-order valence-electron chi connectivity index (χ4n) is 4.13. The van der Waals surface area contributed by atoms with Gasteiger partial charge in [0.15, 0.2) is 0 Å². The summed E-state index contributed by atoms with van der Waals surface area (Å²) in [6.45, 7) is 14.2. The maximum atomic E-state index is 12.5. The van der Waals surface area contributed by atoms with E-state index in [1.165, 1.54) is 6.92 Å². The molecule has 3 fully saturated rings. The van der Waals surface area contributed by atoms with E-state index in [0.29, 0.717) is 5.57 Å². The Morgan fingerprint density at radius 2 is 1.93 bits per heavy atom. The Hall–Kier alpha value is -2.45. The predicted molar refractivity (Wildman–Crippen MR) is 105 cm³/mol. The Bertz CT molecular complexity index is 827. The molecule has 3 rings (SSSR count). The van der Waals surface area contributed by atoms with E-state index in [0.717, 1.165) is 0 Å². The van der Waals surface area contributed by atoms with Gasteiger partial charge >= 0.3 is 17.9 Å². The van der Waals surface area contributed by atoms with Crippen LogP contribution in [0.3, 0.4) is 0 Å². The molecule has 0 spiro atoms. The number of epoxide rings is 1. The predicted octanol–water partition coefficient (Wildman–Crippen LogP) is 1.76. The molecule has 8 heteroatoms. The van der Waals surface area contributed by atoms with Crippen molar-refractivity contribution in [3.63, 3.8) is 0 Å². The van der Waals surface area contributed by atoms with Crippen molar-refractivity contribution in [2.24, 2.45) is 5.92 Å². The van der Waals surface area contributed by atoms with Gasteiger partial charge in [0.1, 0.15) is 24.4 Å². The summed E-state index contributed by atoms with van der Waals surface area (Å²) in [7, 11) is 0. The molecule has 7 unspecified atom stereocenters. The van der Waals surface area contributed by atoms with Gasteiger partial charge in [-0.15, -0.1) is 0 Å². The minimum Gasteiger partial charge on any atom is -0.458 e. The molecular formula is C22H28O8. The lowest BCUT2D eigenvalue weighted by Gasteiger charge is -2.34. The van der Waals surface area contributed by atoms with Crippen molar-refractivity contribution in [2.75, 3.05) is 0 Å². The zero-order valence-corrected chi connectivity index (χ0v) is 17.7. The van der Waals surface area contributed by atoms with Crippen LogP contribution in [-0.2, 0) is 33.3 Å². The second-order valence-corrected chi connectivity index (χ2v) is 8.31. The van der Waals surface area contributed by atoms with Crippen LogP contribution in [0.25, 0.3) is 0 Å². The lowest BCUT2D eigenvalue weighted by molar-refractivity contribution is -0.154. The molecule has 0 aromatic carbocycles. The SMILES string of the molecule is C=C1C(OC(C)=O)CC2OC2(C)CC(OC(=O)C(C)=CC)C2C(=C)C(=O)OC2C1O. The van der Waals surface area contributed by atoms with E-state index in [2.05, 4.69) is 13.2 Å². The summed E-state index contributed by atoms with van der Waals surface area (Å²) >= 11 is 0. The molecule has 1 aliphatic carbocycles. The van der Waals surface area contributed by atoms with Crippen LogP contribution in [0.2, 0.25) is 0 Å². The number of allylic oxidation sites excluding steroid dienone is 1. The molecule has 2 heterocycles. The zero-order chi connectivity index (χ0) is 22.4. The number of ether oxygens (including phenoxy) is 4. The summed E-state index contributed by atoms with van der Waals surface area (Å²) in [6.07, 6.45) is -2.13. The number of fused-ring (bicyclic) bond motifs is 2. The highest BCUT2D eigenvalue weighted by Crippen LogP contribution is 2.49. The van der Waals surface area contributed by atoms with Gasteiger partial charge in [-0.05, 0) is 26.3 Å². The number of aliphatic hydroxyl groups excluding tert-OH is 1. The smallest absolute Gasteiger partial charge is 0.334 e. The van der Waals surface area contributed by atoms with E-state index in [1.807, 2.05) is 6.92 Å². The lowest BCUT2D eigenvalue weighted by atomic mass is 9.79. The normalized spacial score (nSPS) is 38.8. The second kappa shape index (κ2) is 8.00.